The molecule has 30 heavy (non-hydrogen) atoms. The van der Waals surface area contributed by atoms with Gasteiger partial charge < -0.3 is 15.8 Å². The molecular weight excluding hydrogens is 399 g/mol. The Labute approximate surface area is 171 Å². The zero-order valence-electron chi connectivity index (χ0n) is 16.6. The normalized spacial score (nSPS) is 19.6. The van der Waals surface area contributed by atoms with Crippen molar-refractivity contribution in [2.45, 2.75) is 12.2 Å². The third-order valence-corrected chi connectivity index (χ3v) is 4.63. The van der Waals surface area contributed by atoms with Crippen molar-refractivity contribution in [2.24, 2.45) is 12.8 Å². The summed E-state index contributed by atoms with van der Waals surface area (Å²) < 4.78 is 45.7. The highest BCUT2D eigenvalue weighted by molar-refractivity contribution is 5.85. The Bertz CT molecular complexity index is 1000. The van der Waals surface area contributed by atoms with Gasteiger partial charge in [-0.2, -0.15) is 18.3 Å². The number of piperazine rings is 1. The average molecular weight is 423 g/mol. The fourth-order valence-corrected chi connectivity index (χ4v) is 3.14. The van der Waals surface area contributed by atoms with E-state index >= 15 is 0 Å². The number of nitrogens with zero attached hydrogens (tertiary/aromatic N) is 5. The second kappa shape index (κ2) is 9.26. The third kappa shape index (κ3) is 5.80. The van der Waals surface area contributed by atoms with E-state index in [0.717, 1.165) is 5.56 Å². The molecule has 0 amide bonds. The molecule has 0 spiro atoms. The summed E-state index contributed by atoms with van der Waals surface area (Å²) in [5.41, 5.74) is 7.54. The van der Waals surface area contributed by atoms with Crippen molar-refractivity contribution < 1.29 is 17.9 Å². The van der Waals surface area contributed by atoms with Crippen molar-refractivity contribution in [2.75, 3.05) is 32.8 Å². The summed E-state index contributed by atoms with van der Waals surface area (Å²) in [6.07, 6.45) is 3.88. The van der Waals surface area contributed by atoms with Crippen molar-refractivity contribution in [3.8, 4) is 0 Å². The van der Waals surface area contributed by atoms with Gasteiger partial charge in [-0.25, -0.2) is 4.98 Å². The molecule has 0 radical (unpaired) electrons. The smallest absolute Gasteiger partial charge is 0.401 e. The number of aryl methyl sites for hydroxylation is 1. The number of nitrogens with two attached hydrogens (primary N) is 1. The standard InChI is InChI=1S/C19H24F3N7O/c1-13(14-8-27-28(2)10-14)7-16-17(26-4-3-25-16)18(23)30-11-15-9-24-5-6-29(15)12-19(20,21)22/h3-4,7-8,10,15,24H,1,5-6,9,11-12,23H2,2H3/b16-7+,18-17-/t15-/m0/s1. The third-order valence-electron chi connectivity index (χ3n) is 4.63. The summed E-state index contributed by atoms with van der Waals surface area (Å²) in [7, 11) is 1.80. The van der Waals surface area contributed by atoms with Crippen molar-refractivity contribution in [1.29, 1.82) is 0 Å². The summed E-state index contributed by atoms with van der Waals surface area (Å²) >= 11 is 0. The van der Waals surface area contributed by atoms with Crippen LogP contribution in [-0.4, -0.2) is 69.7 Å². The van der Waals surface area contributed by atoms with E-state index in [2.05, 4.69) is 27.0 Å². The van der Waals surface area contributed by atoms with Gasteiger partial charge in [-0.05, 0) is 11.6 Å². The summed E-state index contributed by atoms with van der Waals surface area (Å²) in [4.78, 5) is 9.84. The summed E-state index contributed by atoms with van der Waals surface area (Å²) in [6, 6.07) is -0.464. The van der Waals surface area contributed by atoms with E-state index in [9.17, 15) is 13.2 Å². The molecule has 2 aromatic heterocycles. The summed E-state index contributed by atoms with van der Waals surface area (Å²) in [6.45, 7) is 4.16. The molecule has 8 nitrogen and oxygen atoms in total. The lowest BCUT2D eigenvalue weighted by molar-refractivity contribution is -0.154. The zero-order chi connectivity index (χ0) is 21.7. The van der Waals surface area contributed by atoms with Crippen molar-refractivity contribution in [3.63, 3.8) is 0 Å². The van der Waals surface area contributed by atoms with E-state index in [1.165, 1.54) is 17.3 Å². The van der Waals surface area contributed by atoms with Crippen LogP contribution in [0.2, 0.25) is 0 Å². The van der Waals surface area contributed by atoms with Gasteiger partial charge in [0.05, 0.1) is 24.1 Å². The van der Waals surface area contributed by atoms with Crippen LogP contribution < -0.4 is 21.7 Å². The Hall–Kier alpha value is -2.92. The Morgan fingerprint density at radius 3 is 2.87 bits per heavy atom. The zero-order valence-corrected chi connectivity index (χ0v) is 16.6. The first-order chi connectivity index (χ1) is 14.2. The Kier molecular flexibility index (Phi) is 6.73. The lowest BCUT2D eigenvalue weighted by atomic mass is 10.1. The van der Waals surface area contributed by atoms with Crippen LogP contribution in [0.1, 0.15) is 5.56 Å². The number of allylic oxidation sites excluding steroid dienone is 1. The van der Waals surface area contributed by atoms with Crippen LogP contribution in [0, 0.1) is 0 Å². The predicted octanol–water partition coefficient (Wildman–Crippen LogP) is -0.419. The largest absolute Gasteiger partial charge is 0.476 e. The van der Waals surface area contributed by atoms with E-state index in [-0.39, 0.29) is 19.0 Å². The van der Waals surface area contributed by atoms with Gasteiger partial charge in [0, 0.05) is 50.8 Å². The van der Waals surface area contributed by atoms with Crippen molar-refractivity contribution in [3.05, 3.63) is 47.6 Å². The fraction of sp³-hybridized carbons (Fsp3) is 0.421. The maximum absolute atomic E-state index is 12.8. The Morgan fingerprint density at radius 1 is 1.40 bits per heavy atom. The van der Waals surface area contributed by atoms with Crippen LogP contribution in [0.3, 0.4) is 0 Å². The Balaban J connectivity index is 1.80. The van der Waals surface area contributed by atoms with Gasteiger partial charge in [0.2, 0.25) is 5.88 Å². The molecule has 3 heterocycles. The lowest BCUT2D eigenvalue weighted by Gasteiger charge is -2.36. The maximum Gasteiger partial charge on any atom is 0.401 e. The first-order valence-corrected chi connectivity index (χ1v) is 9.34. The molecule has 1 aliphatic rings. The molecule has 0 unspecified atom stereocenters. The topological polar surface area (TPSA) is 94.1 Å². The molecule has 0 bridgehead atoms. The van der Waals surface area contributed by atoms with Crippen LogP contribution in [-0.2, 0) is 11.8 Å². The SMILES string of the molecule is C=C(/C=c1/nccn/c1=C(/N)OC[C@@H]1CNCCN1CC(F)(F)F)c1cnn(C)c1. The minimum atomic E-state index is -4.27. The number of halogens is 3. The molecule has 0 saturated carbocycles. The molecule has 162 valence electrons. The number of alkyl halides is 3. The monoisotopic (exact) mass is 423 g/mol. The van der Waals surface area contributed by atoms with E-state index < -0.39 is 18.8 Å². The molecule has 1 aliphatic heterocycles. The molecule has 1 fully saturated rings. The number of hydrogen-bond acceptors (Lipinski definition) is 7. The second-order valence-corrected chi connectivity index (χ2v) is 6.98. The van der Waals surface area contributed by atoms with Crippen LogP contribution in [0.15, 0.2) is 31.4 Å². The minimum absolute atomic E-state index is 0.00548. The van der Waals surface area contributed by atoms with Crippen molar-refractivity contribution >= 4 is 17.5 Å². The first kappa shape index (κ1) is 21.8. The van der Waals surface area contributed by atoms with Gasteiger partial charge in [0.1, 0.15) is 12.0 Å². The van der Waals surface area contributed by atoms with E-state index in [1.807, 2.05) is 6.20 Å². The van der Waals surface area contributed by atoms with E-state index in [1.54, 1.807) is 24.0 Å². The molecular formula is C19H24F3N7O. The number of ether oxygens (including phenoxy) is 1. The molecule has 2 aromatic rings. The quantitative estimate of drug-likeness (QED) is 0.652. The average Bonchev–Trinajstić information content (AvgIpc) is 3.13. The molecule has 0 aliphatic carbocycles. The van der Waals surface area contributed by atoms with Crippen LogP contribution in [0.5, 0.6) is 0 Å². The van der Waals surface area contributed by atoms with Gasteiger partial charge in [0.25, 0.3) is 0 Å². The molecule has 3 rings (SSSR count). The predicted molar refractivity (Wildman–Crippen MR) is 106 cm³/mol. The maximum atomic E-state index is 12.8. The highest BCUT2D eigenvalue weighted by atomic mass is 19.4. The highest BCUT2D eigenvalue weighted by Crippen LogP contribution is 2.19. The number of hydrogen-bond donors (Lipinski definition) is 2. The molecule has 1 atom stereocenters. The highest BCUT2D eigenvalue weighted by Gasteiger charge is 2.35. The Morgan fingerprint density at radius 2 is 2.17 bits per heavy atom. The van der Waals surface area contributed by atoms with E-state index in [0.29, 0.717) is 29.4 Å². The molecule has 3 N–H and O–H groups in total. The van der Waals surface area contributed by atoms with E-state index in [4.69, 9.17) is 10.5 Å². The number of aromatic nitrogens is 4. The van der Waals surface area contributed by atoms with Crippen LogP contribution in [0.25, 0.3) is 17.5 Å². The minimum Gasteiger partial charge on any atom is -0.476 e. The molecule has 1 saturated heterocycles. The first-order valence-electron chi connectivity index (χ1n) is 9.34. The second-order valence-electron chi connectivity index (χ2n) is 6.98. The summed E-state index contributed by atoms with van der Waals surface area (Å²) in [5, 5.41) is 7.93. The lowest BCUT2D eigenvalue weighted by Crippen LogP contribution is -2.55. The van der Waals surface area contributed by atoms with Crippen molar-refractivity contribution in [1.82, 2.24) is 30.0 Å². The van der Waals surface area contributed by atoms with Crippen LogP contribution >= 0.6 is 0 Å². The molecule has 0 aromatic carbocycles. The summed E-state index contributed by atoms with van der Waals surface area (Å²) in [5.74, 6) is -0.00845. The fourth-order valence-electron chi connectivity index (χ4n) is 3.14. The molecule has 11 heteroatoms. The van der Waals surface area contributed by atoms with Crippen LogP contribution in [0.4, 0.5) is 13.2 Å². The van der Waals surface area contributed by atoms with Gasteiger partial charge in [-0.3, -0.25) is 14.6 Å². The van der Waals surface area contributed by atoms with Gasteiger partial charge in [0.15, 0.2) is 0 Å². The van der Waals surface area contributed by atoms with Gasteiger partial charge >= 0.3 is 6.18 Å². The number of rotatable bonds is 6. The van der Waals surface area contributed by atoms with Gasteiger partial charge in [-0.1, -0.05) is 6.58 Å². The number of nitrogens with one attached hydrogen (secondary N) is 1. The van der Waals surface area contributed by atoms with Gasteiger partial charge in [-0.15, -0.1) is 0 Å².